The summed E-state index contributed by atoms with van der Waals surface area (Å²) < 4.78 is 65.9. The van der Waals surface area contributed by atoms with Crippen molar-refractivity contribution in [3.8, 4) is 0 Å². The summed E-state index contributed by atoms with van der Waals surface area (Å²) in [7, 11) is 0. The number of rotatable bonds is 3. The van der Waals surface area contributed by atoms with Gasteiger partial charge in [-0.15, -0.1) is 11.3 Å². The third-order valence-corrected chi connectivity index (χ3v) is 4.48. The molecule has 10 heteroatoms. The Labute approximate surface area is 146 Å². The molecule has 3 rings (SSSR count). The third kappa shape index (κ3) is 3.37. The summed E-state index contributed by atoms with van der Waals surface area (Å²) >= 11 is 1.24. The molecule has 136 valence electrons. The lowest BCUT2D eigenvalue weighted by atomic mass is 10.1. The van der Waals surface area contributed by atoms with E-state index in [-0.39, 0.29) is 12.3 Å². The van der Waals surface area contributed by atoms with Crippen molar-refractivity contribution in [1.29, 1.82) is 0 Å². The Morgan fingerprint density at radius 3 is 2.54 bits per heavy atom. The first-order valence-corrected chi connectivity index (χ1v) is 7.89. The van der Waals surface area contributed by atoms with Gasteiger partial charge >= 0.3 is 6.18 Å². The predicted octanol–water partition coefficient (Wildman–Crippen LogP) is 4.34. The molecule has 0 aliphatic carbocycles. The number of hydrogen-bond donors (Lipinski definition) is 2. The van der Waals surface area contributed by atoms with E-state index in [1.807, 2.05) is 0 Å². The van der Waals surface area contributed by atoms with E-state index in [0.717, 1.165) is 4.70 Å². The number of amides is 1. The minimum Gasteiger partial charge on any atom is -0.389 e. The van der Waals surface area contributed by atoms with Gasteiger partial charge in [0.05, 0.1) is 28.0 Å². The summed E-state index contributed by atoms with van der Waals surface area (Å²) in [6.45, 7) is -0.253. The molecule has 2 aromatic carbocycles. The van der Waals surface area contributed by atoms with Gasteiger partial charge < -0.3 is 10.4 Å². The van der Waals surface area contributed by atoms with Crippen LogP contribution < -0.4 is 5.32 Å². The molecule has 4 nitrogen and oxygen atoms in total. The predicted molar refractivity (Wildman–Crippen MR) is 84.9 cm³/mol. The number of anilines is 1. The van der Waals surface area contributed by atoms with Crippen LogP contribution in [0.3, 0.4) is 0 Å². The zero-order chi connectivity index (χ0) is 19.1. The number of carbonyl (C=O) groups excluding carboxylic acids is 1. The molecular weight excluding hydrogens is 379 g/mol. The fourth-order valence-corrected chi connectivity index (χ4v) is 3.07. The second kappa shape index (κ2) is 6.61. The first-order chi connectivity index (χ1) is 12.2. The summed E-state index contributed by atoms with van der Waals surface area (Å²) in [5.41, 5.74) is -1.98. The van der Waals surface area contributed by atoms with Gasteiger partial charge in [0.25, 0.3) is 5.91 Å². The van der Waals surface area contributed by atoms with Gasteiger partial charge in [-0.05, 0) is 30.3 Å². The van der Waals surface area contributed by atoms with Gasteiger partial charge in [0.15, 0.2) is 11.6 Å². The minimum absolute atomic E-state index is 0.192. The number of thiazole rings is 1. The molecular formula is C16H9F5N2O2S. The zero-order valence-electron chi connectivity index (χ0n) is 12.7. The largest absolute Gasteiger partial charge is 0.419 e. The number of benzene rings is 2. The summed E-state index contributed by atoms with van der Waals surface area (Å²) in [6.07, 6.45) is -5.07. The van der Waals surface area contributed by atoms with Gasteiger partial charge in [-0.1, -0.05) is 0 Å². The maximum Gasteiger partial charge on any atom is 0.419 e. The average Bonchev–Trinajstić information content (AvgIpc) is 2.98. The summed E-state index contributed by atoms with van der Waals surface area (Å²) in [5, 5.41) is 11.8. The second-order valence-corrected chi connectivity index (χ2v) is 6.30. The van der Waals surface area contributed by atoms with Crippen LogP contribution in [0.5, 0.6) is 0 Å². The molecule has 0 bridgehead atoms. The van der Waals surface area contributed by atoms with Gasteiger partial charge in [0, 0.05) is 5.69 Å². The Morgan fingerprint density at radius 2 is 1.88 bits per heavy atom. The number of alkyl halides is 3. The maximum absolute atomic E-state index is 13.9. The van der Waals surface area contributed by atoms with Crippen LogP contribution in [-0.2, 0) is 12.8 Å². The van der Waals surface area contributed by atoms with Crippen molar-refractivity contribution < 1.29 is 31.9 Å². The first kappa shape index (κ1) is 18.2. The SMILES string of the molecule is O=C(Nc1ccc2sc(CO)nc2c1)c1ccc(C(F)(F)F)c(F)c1F. The van der Waals surface area contributed by atoms with Gasteiger partial charge in [0.1, 0.15) is 5.01 Å². The molecule has 0 saturated carbocycles. The highest BCUT2D eigenvalue weighted by Gasteiger charge is 2.36. The molecule has 0 atom stereocenters. The summed E-state index contributed by atoms with van der Waals surface area (Å²) in [4.78, 5) is 16.2. The third-order valence-electron chi connectivity index (χ3n) is 3.46. The van der Waals surface area contributed by atoms with E-state index >= 15 is 0 Å². The monoisotopic (exact) mass is 388 g/mol. The van der Waals surface area contributed by atoms with Crippen molar-refractivity contribution in [3.63, 3.8) is 0 Å². The highest BCUT2D eigenvalue weighted by atomic mass is 32.1. The van der Waals surface area contributed by atoms with Gasteiger partial charge in [-0.25, -0.2) is 13.8 Å². The average molecular weight is 388 g/mol. The number of aromatic nitrogens is 1. The number of aliphatic hydroxyl groups excluding tert-OH is 1. The van der Waals surface area contributed by atoms with Crippen molar-refractivity contribution in [2.24, 2.45) is 0 Å². The van der Waals surface area contributed by atoms with Crippen LogP contribution in [0.1, 0.15) is 20.9 Å². The topological polar surface area (TPSA) is 62.2 Å². The molecule has 3 aromatic rings. The van der Waals surface area contributed by atoms with Crippen molar-refractivity contribution in [2.45, 2.75) is 12.8 Å². The molecule has 0 saturated heterocycles. The lowest BCUT2D eigenvalue weighted by Crippen LogP contribution is -2.17. The second-order valence-electron chi connectivity index (χ2n) is 5.19. The van der Waals surface area contributed by atoms with E-state index in [9.17, 15) is 26.7 Å². The Balaban J connectivity index is 1.89. The number of aliphatic hydroxyl groups is 1. The number of carbonyl (C=O) groups is 1. The van der Waals surface area contributed by atoms with E-state index in [0.29, 0.717) is 22.7 Å². The first-order valence-electron chi connectivity index (χ1n) is 7.07. The summed E-state index contributed by atoms with van der Waals surface area (Å²) in [6, 6.07) is 5.40. The molecule has 0 spiro atoms. The van der Waals surface area contributed by atoms with Gasteiger partial charge in [-0.2, -0.15) is 13.2 Å². The van der Waals surface area contributed by atoms with Crippen LogP contribution in [0.2, 0.25) is 0 Å². The molecule has 26 heavy (non-hydrogen) atoms. The molecule has 0 unspecified atom stereocenters. The van der Waals surface area contributed by atoms with Crippen molar-refractivity contribution >= 4 is 33.1 Å². The Bertz CT molecular complexity index is 1000. The molecule has 1 heterocycles. The van der Waals surface area contributed by atoms with Gasteiger partial charge in [0.2, 0.25) is 0 Å². The number of nitrogens with zero attached hydrogens (tertiary/aromatic N) is 1. The van der Waals surface area contributed by atoms with E-state index in [1.165, 1.54) is 23.5 Å². The van der Waals surface area contributed by atoms with Crippen LogP contribution in [0.25, 0.3) is 10.2 Å². The standard InChI is InChI=1S/C16H9F5N2O2S/c17-13-8(2-3-9(14(13)18)16(19,20)21)15(25)22-7-1-4-11-10(5-7)23-12(6-24)26-11/h1-5,24H,6H2,(H,22,25). The quantitative estimate of drug-likeness (QED) is 0.657. The Hall–Kier alpha value is -2.59. The fraction of sp³-hybridized carbons (Fsp3) is 0.125. The zero-order valence-corrected chi connectivity index (χ0v) is 13.5. The lowest BCUT2D eigenvalue weighted by Gasteiger charge is -2.11. The highest BCUT2D eigenvalue weighted by molar-refractivity contribution is 7.18. The minimum atomic E-state index is -5.07. The number of hydrogen-bond acceptors (Lipinski definition) is 4. The fourth-order valence-electron chi connectivity index (χ4n) is 2.26. The normalized spacial score (nSPS) is 11.8. The van der Waals surface area contributed by atoms with Crippen molar-refractivity contribution in [2.75, 3.05) is 5.32 Å². The summed E-state index contributed by atoms with van der Waals surface area (Å²) in [5.74, 6) is -5.12. The molecule has 0 aliphatic rings. The van der Waals surface area contributed by atoms with Crippen molar-refractivity contribution in [1.82, 2.24) is 4.98 Å². The Morgan fingerprint density at radius 1 is 1.15 bits per heavy atom. The van der Waals surface area contributed by atoms with E-state index < -0.39 is 34.8 Å². The smallest absolute Gasteiger partial charge is 0.389 e. The van der Waals surface area contributed by atoms with Crippen LogP contribution in [0.15, 0.2) is 30.3 Å². The van der Waals surface area contributed by atoms with E-state index in [4.69, 9.17) is 5.11 Å². The van der Waals surface area contributed by atoms with E-state index in [1.54, 1.807) is 6.07 Å². The molecule has 1 amide bonds. The molecule has 2 N–H and O–H groups in total. The van der Waals surface area contributed by atoms with Crippen LogP contribution in [-0.4, -0.2) is 16.0 Å². The maximum atomic E-state index is 13.9. The lowest BCUT2D eigenvalue weighted by molar-refractivity contribution is -0.140. The van der Waals surface area contributed by atoms with Crippen LogP contribution in [0, 0.1) is 11.6 Å². The van der Waals surface area contributed by atoms with Gasteiger partial charge in [-0.3, -0.25) is 4.79 Å². The number of fused-ring (bicyclic) bond motifs is 1. The molecule has 1 aromatic heterocycles. The van der Waals surface area contributed by atoms with E-state index in [2.05, 4.69) is 10.3 Å². The number of halogens is 5. The van der Waals surface area contributed by atoms with Crippen molar-refractivity contribution in [3.05, 3.63) is 58.1 Å². The highest BCUT2D eigenvalue weighted by Crippen LogP contribution is 2.33. The van der Waals surface area contributed by atoms with Crippen LogP contribution >= 0.6 is 11.3 Å². The Kier molecular flexibility index (Phi) is 4.63. The van der Waals surface area contributed by atoms with Crippen LogP contribution in [0.4, 0.5) is 27.6 Å². The molecule has 0 radical (unpaired) electrons. The molecule has 0 fully saturated rings. The molecule has 0 aliphatic heterocycles. The number of nitrogens with one attached hydrogen (secondary N) is 1.